The molecule has 1 aliphatic rings. The van der Waals surface area contributed by atoms with E-state index in [1.807, 2.05) is 37.3 Å². The topological polar surface area (TPSA) is 86.3 Å². The largest absolute Gasteiger partial charge is 0.481 e. The van der Waals surface area contributed by atoms with Crippen LogP contribution < -0.4 is 16.0 Å². The zero-order chi connectivity index (χ0) is 24.3. The van der Waals surface area contributed by atoms with Crippen molar-refractivity contribution in [2.45, 2.75) is 44.2 Å². The molecule has 4 N–H and O–H groups in total. The third kappa shape index (κ3) is 4.89. The Bertz CT molecular complexity index is 1150. The van der Waals surface area contributed by atoms with Gasteiger partial charge in [-0.2, -0.15) is 0 Å². The second-order valence-electron chi connectivity index (χ2n) is 9.40. The van der Waals surface area contributed by atoms with Crippen LogP contribution in [0.25, 0.3) is 0 Å². The van der Waals surface area contributed by atoms with Gasteiger partial charge in [0.2, 0.25) is 0 Å². The van der Waals surface area contributed by atoms with Crippen LogP contribution in [0, 0.1) is 5.82 Å². The lowest BCUT2D eigenvalue weighted by molar-refractivity contribution is -0.142. The van der Waals surface area contributed by atoms with Gasteiger partial charge in [0, 0.05) is 19.3 Å². The highest BCUT2D eigenvalue weighted by molar-refractivity contribution is 5.80. The highest BCUT2D eigenvalue weighted by Gasteiger charge is 2.31. The van der Waals surface area contributed by atoms with E-state index in [1.165, 1.54) is 6.07 Å². The summed E-state index contributed by atoms with van der Waals surface area (Å²) in [7, 11) is 0. The number of pyridine rings is 1. The molecule has 7 heteroatoms. The van der Waals surface area contributed by atoms with Crippen LogP contribution in [-0.2, 0) is 10.2 Å². The number of hydrogen-bond donors (Lipinski definition) is 4. The van der Waals surface area contributed by atoms with Gasteiger partial charge in [0.05, 0.1) is 23.2 Å². The number of halogens is 1. The first-order chi connectivity index (χ1) is 16.3. The fourth-order valence-electron chi connectivity index (χ4n) is 4.31. The summed E-state index contributed by atoms with van der Waals surface area (Å²) in [4.78, 5) is 16.1. The van der Waals surface area contributed by atoms with Gasteiger partial charge < -0.3 is 21.1 Å². The number of rotatable bonds is 8. The van der Waals surface area contributed by atoms with Crippen LogP contribution in [0.5, 0.6) is 0 Å². The SMILES string of the molecule is C[C@@H](CN[C@H](c1ccccc1)[C@H]1CNc2cccnc2N1)c1cc(C(C)(C)C(=O)O)ccc1F. The molecule has 4 rings (SSSR count). The van der Waals surface area contributed by atoms with Gasteiger partial charge in [0.15, 0.2) is 0 Å². The molecule has 0 spiro atoms. The standard InChI is InChI=1S/C27H31FN4O2/c1-17(20-14-19(11-12-21(20)28)27(2,3)26(33)34)15-31-24(18-8-5-4-6-9-18)23-16-30-22-10-7-13-29-25(22)32-23/h4-14,17,23-24,30-31H,15-16H2,1-3H3,(H,29,32)(H,33,34)/t17-,23+,24+/m0/s1. The Hall–Kier alpha value is -3.45. The van der Waals surface area contributed by atoms with Crippen molar-refractivity contribution in [2.75, 3.05) is 23.7 Å². The van der Waals surface area contributed by atoms with Gasteiger partial charge >= 0.3 is 5.97 Å². The Labute approximate surface area is 199 Å². The molecule has 2 aromatic carbocycles. The average molecular weight is 463 g/mol. The maximum absolute atomic E-state index is 14.8. The van der Waals surface area contributed by atoms with Crippen LogP contribution in [0.2, 0.25) is 0 Å². The number of aromatic nitrogens is 1. The van der Waals surface area contributed by atoms with Crippen molar-refractivity contribution in [3.8, 4) is 0 Å². The Morgan fingerprint density at radius 1 is 1.21 bits per heavy atom. The van der Waals surface area contributed by atoms with Crippen LogP contribution in [0.15, 0.2) is 66.9 Å². The number of fused-ring (bicyclic) bond motifs is 1. The summed E-state index contributed by atoms with van der Waals surface area (Å²) in [5, 5.41) is 20.2. The lowest BCUT2D eigenvalue weighted by atomic mass is 9.82. The lowest BCUT2D eigenvalue weighted by Crippen LogP contribution is -2.45. The number of carboxylic acid groups (broad SMARTS) is 1. The van der Waals surface area contributed by atoms with E-state index < -0.39 is 11.4 Å². The minimum absolute atomic E-state index is 0.0270. The number of anilines is 2. The smallest absolute Gasteiger partial charge is 0.313 e. The molecule has 0 saturated heterocycles. The van der Waals surface area contributed by atoms with E-state index in [4.69, 9.17) is 0 Å². The molecule has 0 radical (unpaired) electrons. The quantitative estimate of drug-likeness (QED) is 0.380. The highest BCUT2D eigenvalue weighted by Crippen LogP contribution is 2.31. The minimum Gasteiger partial charge on any atom is -0.481 e. The molecule has 178 valence electrons. The van der Waals surface area contributed by atoms with Gasteiger partial charge in [0.1, 0.15) is 11.6 Å². The van der Waals surface area contributed by atoms with Gasteiger partial charge in [-0.3, -0.25) is 4.79 Å². The van der Waals surface area contributed by atoms with E-state index in [9.17, 15) is 14.3 Å². The fourth-order valence-corrected chi connectivity index (χ4v) is 4.31. The summed E-state index contributed by atoms with van der Waals surface area (Å²) < 4.78 is 14.8. The van der Waals surface area contributed by atoms with Gasteiger partial charge in [-0.25, -0.2) is 9.37 Å². The fraction of sp³-hybridized carbons (Fsp3) is 0.333. The zero-order valence-corrected chi connectivity index (χ0v) is 19.7. The first-order valence-electron chi connectivity index (χ1n) is 11.5. The normalized spacial score (nSPS) is 17.1. The van der Waals surface area contributed by atoms with Crippen LogP contribution in [0.1, 0.15) is 49.4 Å². The van der Waals surface area contributed by atoms with E-state index >= 15 is 0 Å². The number of nitrogens with one attached hydrogen (secondary N) is 3. The number of benzene rings is 2. The first-order valence-corrected chi connectivity index (χ1v) is 11.5. The second-order valence-corrected chi connectivity index (χ2v) is 9.40. The molecule has 0 saturated carbocycles. The van der Waals surface area contributed by atoms with Crippen molar-refractivity contribution in [2.24, 2.45) is 0 Å². The summed E-state index contributed by atoms with van der Waals surface area (Å²) in [6, 6.07) is 18.6. The molecule has 1 aliphatic heterocycles. The zero-order valence-electron chi connectivity index (χ0n) is 19.7. The van der Waals surface area contributed by atoms with E-state index in [1.54, 1.807) is 32.2 Å². The lowest BCUT2D eigenvalue weighted by Gasteiger charge is -2.35. The van der Waals surface area contributed by atoms with Gasteiger partial charge in [0.25, 0.3) is 0 Å². The summed E-state index contributed by atoms with van der Waals surface area (Å²) >= 11 is 0. The maximum atomic E-state index is 14.8. The summed E-state index contributed by atoms with van der Waals surface area (Å²) in [6.45, 7) is 6.44. The molecule has 0 bridgehead atoms. The molecule has 0 unspecified atom stereocenters. The molecule has 0 amide bonds. The van der Waals surface area contributed by atoms with Gasteiger partial charge in [-0.1, -0.05) is 49.4 Å². The van der Waals surface area contributed by atoms with Crippen molar-refractivity contribution < 1.29 is 14.3 Å². The number of aliphatic carboxylic acids is 1. The summed E-state index contributed by atoms with van der Waals surface area (Å²) in [6.07, 6.45) is 1.76. The Balaban J connectivity index is 1.55. The summed E-state index contributed by atoms with van der Waals surface area (Å²) in [5.74, 6) is -0.627. The third-order valence-electron chi connectivity index (χ3n) is 6.63. The number of hydrogen-bond acceptors (Lipinski definition) is 5. The molecule has 0 fully saturated rings. The van der Waals surface area contributed by atoms with Gasteiger partial charge in [-0.05, 0) is 54.7 Å². The van der Waals surface area contributed by atoms with Crippen molar-refractivity contribution in [1.29, 1.82) is 0 Å². The van der Waals surface area contributed by atoms with Crippen molar-refractivity contribution >= 4 is 17.5 Å². The Morgan fingerprint density at radius 3 is 2.71 bits per heavy atom. The Morgan fingerprint density at radius 2 is 1.97 bits per heavy atom. The molecule has 2 heterocycles. The monoisotopic (exact) mass is 462 g/mol. The Kier molecular flexibility index (Phi) is 6.84. The third-order valence-corrected chi connectivity index (χ3v) is 6.63. The first kappa shape index (κ1) is 23.7. The number of carboxylic acids is 1. The van der Waals surface area contributed by atoms with Crippen LogP contribution in [0.4, 0.5) is 15.9 Å². The van der Waals surface area contributed by atoms with Crippen LogP contribution >= 0.6 is 0 Å². The van der Waals surface area contributed by atoms with E-state index in [0.29, 0.717) is 24.2 Å². The summed E-state index contributed by atoms with van der Waals surface area (Å²) in [5.41, 5.74) is 2.09. The highest BCUT2D eigenvalue weighted by atomic mass is 19.1. The predicted molar refractivity (Wildman–Crippen MR) is 133 cm³/mol. The van der Waals surface area contributed by atoms with E-state index in [-0.39, 0.29) is 23.8 Å². The molecule has 3 atom stereocenters. The maximum Gasteiger partial charge on any atom is 0.313 e. The molecular formula is C27H31FN4O2. The number of carbonyl (C=O) groups is 1. The van der Waals surface area contributed by atoms with Crippen molar-refractivity contribution in [1.82, 2.24) is 10.3 Å². The van der Waals surface area contributed by atoms with Gasteiger partial charge in [-0.15, -0.1) is 0 Å². The number of nitrogens with zero attached hydrogens (tertiary/aromatic N) is 1. The van der Waals surface area contributed by atoms with Crippen molar-refractivity contribution in [3.05, 3.63) is 89.4 Å². The molecule has 34 heavy (non-hydrogen) atoms. The molecular weight excluding hydrogens is 431 g/mol. The minimum atomic E-state index is -1.10. The molecule has 3 aromatic rings. The van der Waals surface area contributed by atoms with Crippen LogP contribution in [-0.4, -0.2) is 35.2 Å². The molecule has 0 aliphatic carbocycles. The van der Waals surface area contributed by atoms with E-state index in [2.05, 4.69) is 33.1 Å². The van der Waals surface area contributed by atoms with Crippen LogP contribution in [0.3, 0.4) is 0 Å². The second kappa shape index (κ2) is 9.81. The van der Waals surface area contributed by atoms with Crippen molar-refractivity contribution in [3.63, 3.8) is 0 Å². The van der Waals surface area contributed by atoms with E-state index in [0.717, 1.165) is 17.1 Å². The average Bonchev–Trinajstić information content (AvgIpc) is 2.84. The molecule has 1 aromatic heterocycles. The molecule has 6 nitrogen and oxygen atoms in total. The predicted octanol–water partition coefficient (Wildman–Crippen LogP) is 4.92.